The molecular formula is C16H24ClNO2. The third-order valence-electron chi connectivity index (χ3n) is 3.73. The van der Waals surface area contributed by atoms with Crippen LogP contribution in [0.2, 0.25) is 5.02 Å². The third-order valence-corrected chi connectivity index (χ3v) is 3.99. The molecule has 1 aromatic rings. The van der Waals surface area contributed by atoms with Gasteiger partial charge in [0, 0.05) is 24.3 Å². The van der Waals surface area contributed by atoms with Gasteiger partial charge in [0.25, 0.3) is 0 Å². The summed E-state index contributed by atoms with van der Waals surface area (Å²) in [5.74, 6) is 1.52. The Morgan fingerprint density at radius 1 is 1.30 bits per heavy atom. The SMILES string of the molecule is CCCNC(COc1ccc(Cl)cc1)C1CCOCC1. The summed E-state index contributed by atoms with van der Waals surface area (Å²) in [5, 5.41) is 4.35. The van der Waals surface area contributed by atoms with Crippen molar-refractivity contribution >= 4 is 11.6 Å². The van der Waals surface area contributed by atoms with Crippen LogP contribution in [0.4, 0.5) is 0 Å². The molecule has 0 saturated carbocycles. The Morgan fingerprint density at radius 3 is 2.65 bits per heavy atom. The zero-order valence-electron chi connectivity index (χ0n) is 12.1. The Kier molecular flexibility index (Phi) is 6.64. The molecule has 1 saturated heterocycles. The van der Waals surface area contributed by atoms with Crippen LogP contribution >= 0.6 is 11.6 Å². The lowest BCUT2D eigenvalue weighted by atomic mass is 9.92. The molecule has 1 aliphatic heterocycles. The molecule has 2 rings (SSSR count). The average molecular weight is 298 g/mol. The number of hydrogen-bond donors (Lipinski definition) is 1. The van der Waals surface area contributed by atoms with Crippen molar-refractivity contribution in [2.24, 2.45) is 5.92 Å². The highest BCUT2D eigenvalue weighted by Gasteiger charge is 2.24. The smallest absolute Gasteiger partial charge is 0.119 e. The summed E-state index contributed by atoms with van der Waals surface area (Å²) in [6.45, 7) is 5.66. The van der Waals surface area contributed by atoms with Crippen molar-refractivity contribution in [2.75, 3.05) is 26.4 Å². The zero-order valence-corrected chi connectivity index (χ0v) is 12.9. The van der Waals surface area contributed by atoms with E-state index in [0.29, 0.717) is 18.6 Å². The molecule has 3 nitrogen and oxygen atoms in total. The Hall–Kier alpha value is -0.770. The lowest BCUT2D eigenvalue weighted by Crippen LogP contribution is -2.43. The predicted molar refractivity (Wildman–Crippen MR) is 82.6 cm³/mol. The van der Waals surface area contributed by atoms with E-state index in [0.717, 1.165) is 49.8 Å². The molecule has 0 aromatic heterocycles. The molecule has 112 valence electrons. The summed E-state index contributed by atoms with van der Waals surface area (Å²) in [6.07, 6.45) is 3.37. The Balaban J connectivity index is 1.87. The molecule has 0 amide bonds. The molecule has 1 atom stereocenters. The van der Waals surface area contributed by atoms with Gasteiger partial charge in [-0.2, -0.15) is 0 Å². The largest absolute Gasteiger partial charge is 0.492 e. The van der Waals surface area contributed by atoms with E-state index in [2.05, 4.69) is 12.2 Å². The number of nitrogens with one attached hydrogen (secondary N) is 1. The van der Waals surface area contributed by atoms with Crippen LogP contribution in [0.15, 0.2) is 24.3 Å². The van der Waals surface area contributed by atoms with Crippen LogP contribution in [0.1, 0.15) is 26.2 Å². The van der Waals surface area contributed by atoms with E-state index in [1.807, 2.05) is 24.3 Å². The molecule has 1 unspecified atom stereocenters. The lowest BCUT2D eigenvalue weighted by molar-refractivity contribution is 0.0460. The van der Waals surface area contributed by atoms with E-state index >= 15 is 0 Å². The summed E-state index contributed by atoms with van der Waals surface area (Å²) >= 11 is 5.88. The van der Waals surface area contributed by atoms with Gasteiger partial charge in [0.15, 0.2) is 0 Å². The predicted octanol–water partition coefficient (Wildman–Crippen LogP) is 3.51. The fourth-order valence-corrected chi connectivity index (χ4v) is 2.65. The van der Waals surface area contributed by atoms with Gasteiger partial charge >= 0.3 is 0 Å². The van der Waals surface area contributed by atoms with E-state index in [9.17, 15) is 0 Å². The number of halogens is 1. The Bertz CT molecular complexity index is 377. The monoisotopic (exact) mass is 297 g/mol. The van der Waals surface area contributed by atoms with Gasteiger partial charge in [-0.1, -0.05) is 18.5 Å². The molecule has 1 aromatic carbocycles. The van der Waals surface area contributed by atoms with Crippen LogP contribution in [0.5, 0.6) is 5.75 Å². The summed E-state index contributed by atoms with van der Waals surface area (Å²) in [6, 6.07) is 7.96. The summed E-state index contributed by atoms with van der Waals surface area (Å²) in [7, 11) is 0. The first-order valence-corrected chi connectivity index (χ1v) is 7.87. The Morgan fingerprint density at radius 2 is 2.00 bits per heavy atom. The standard InChI is InChI=1S/C16H24ClNO2/c1-2-9-18-16(13-7-10-19-11-8-13)12-20-15-5-3-14(17)4-6-15/h3-6,13,16,18H,2,7-12H2,1H3. The first kappa shape index (κ1) is 15.6. The third kappa shape index (κ3) is 4.97. The van der Waals surface area contributed by atoms with Gasteiger partial charge in [0.2, 0.25) is 0 Å². The first-order valence-electron chi connectivity index (χ1n) is 7.49. The molecule has 1 fully saturated rings. The van der Waals surface area contributed by atoms with Crippen LogP contribution in [0.25, 0.3) is 0 Å². The van der Waals surface area contributed by atoms with Crippen LogP contribution in [0, 0.1) is 5.92 Å². The van der Waals surface area contributed by atoms with Gasteiger partial charge in [-0.15, -0.1) is 0 Å². The fourth-order valence-electron chi connectivity index (χ4n) is 2.53. The van der Waals surface area contributed by atoms with Crippen molar-refractivity contribution in [1.29, 1.82) is 0 Å². The molecule has 1 N–H and O–H groups in total. The number of benzene rings is 1. The van der Waals surface area contributed by atoms with Crippen molar-refractivity contribution < 1.29 is 9.47 Å². The zero-order chi connectivity index (χ0) is 14.2. The maximum absolute atomic E-state index is 5.91. The second kappa shape index (κ2) is 8.50. The topological polar surface area (TPSA) is 30.5 Å². The minimum Gasteiger partial charge on any atom is -0.492 e. The average Bonchev–Trinajstić information content (AvgIpc) is 2.50. The van der Waals surface area contributed by atoms with Gasteiger partial charge in [-0.3, -0.25) is 0 Å². The van der Waals surface area contributed by atoms with Gasteiger partial charge < -0.3 is 14.8 Å². The molecule has 1 heterocycles. The molecule has 4 heteroatoms. The summed E-state index contributed by atoms with van der Waals surface area (Å²) < 4.78 is 11.4. The van der Waals surface area contributed by atoms with Crippen LogP contribution in [0.3, 0.4) is 0 Å². The second-order valence-corrected chi connectivity index (χ2v) is 5.71. The van der Waals surface area contributed by atoms with Gasteiger partial charge in [-0.05, 0) is 56.0 Å². The van der Waals surface area contributed by atoms with E-state index in [1.165, 1.54) is 0 Å². The number of hydrogen-bond acceptors (Lipinski definition) is 3. The highest BCUT2D eigenvalue weighted by atomic mass is 35.5. The second-order valence-electron chi connectivity index (χ2n) is 5.28. The molecule has 1 aliphatic rings. The van der Waals surface area contributed by atoms with E-state index in [4.69, 9.17) is 21.1 Å². The summed E-state index contributed by atoms with van der Waals surface area (Å²) in [5.41, 5.74) is 0. The quantitative estimate of drug-likeness (QED) is 0.835. The van der Waals surface area contributed by atoms with Crippen molar-refractivity contribution in [1.82, 2.24) is 5.32 Å². The molecular weight excluding hydrogens is 274 g/mol. The minimum atomic E-state index is 0.398. The molecule has 20 heavy (non-hydrogen) atoms. The van der Waals surface area contributed by atoms with Gasteiger partial charge in [0.05, 0.1) is 0 Å². The van der Waals surface area contributed by atoms with Crippen LogP contribution < -0.4 is 10.1 Å². The lowest BCUT2D eigenvalue weighted by Gasteiger charge is -2.31. The van der Waals surface area contributed by atoms with Crippen LogP contribution in [-0.2, 0) is 4.74 Å². The normalized spacial score (nSPS) is 17.9. The maximum Gasteiger partial charge on any atom is 0.119 e. The van der Waals surface area contributed by atoms with Crippen LogP contribution in [-0.4, -0.2) is 32.4 Å². The van der Waals surface area contributed by atoms with Gasteiger partial charge in [-0.25, -0.2) is 0 Å². The van der Waals surface area contributed by atoms with Crippen molar-refractivity contribution in [3.63, 3.8) is 0 Å². The van der Waals surface area contributed by atoms with Gasteiger partial charge in [0.1, 0.15) is 12.4 Å². The Labute approximate surface area is 126 Å². The van der Waals surface area contributed by atoms with E-state index in [1.54, 1.807) is 0 Å². The maximum atomic E-state index is 5.91. The van der Waals surface area contributed by atoms with Crippen molar-refractivity contribution in [2.45, 2.75) is 32.2 Å². The number of rotatable bonds is 7. The molecule has 0 radical (unpaired) electrons. The fraction of sp³-hybridized carbons (Fsp3) is 0.625. The minimum absolute atomic E-state index is 0.398. The van der Waals surface area contributed by atoms with Crippen molar-refractivity contribution in [3.05, 3.63) is 29.3 Å². The highest BCUT2D eigenvalue weighted by Crippen LogP contribution is 2.21. The molecule has 0 aliphatic carbocycles. The first-order chi connectivity index (χ1) is 9.79. The van der Waals surface area contributed by atoms with E-state index in [-0.39, 0.29) is 0 Å². The highest BCUT2D eigenvalue weighted by molar-refractivity contribution is 6.30. The summed E-state index contributed by atoms with van der Waals surface area (Å²) in [4.78, 5) is 0. The molecule has 0 spiro atoms. The number of ether oxygens (including phenoxy) is 2. The molecule has 0 bridgehead atoms. The van der Waals surface area contributed by atoms with Crippen molar-refractivity contribution in [3.8, 4) is 5.75 Å². The van der Waals surface area contributed by atoms with E-state index < -0.39 is 0 Å².